The lowest BCUT2D eigenvalue weighted by Gasteiger charge is -2.08. The van der Waals surface area contributed by atoms with Crippen molar-refractivity contribution >= 4 is 17.3 Å². The first-order valence-electron chi connectivity index (χ1n) is 5.15. The second-order valence-corrected chi connectivity index (χ2v) is 3.91. The number of nitro groups is 1. The maximum atomic E-state index is 10.8. The molecule has 0 fully saturated rings. The van der Waals surface area contributed by atoms with Crippen LogP contribution < -0.4 is 4.74 Å². The van der Waals surface area contributed by atoms with E-state index < -0.39 is 4.92 Å². The van der Waals surface area contributed by atoms with Crippen LogP contribution in [0.3, 0.4) is 0 Å². The summed E-state index contributed by atoms with van der Waals surface area (Å²) >= 11 is 5.47. The van der Waals surface area contributed by atoms with Crippen LogP contribution in [0.5, 0.6) is 5.75 Å². The Morgan fingerprint density at radius 1 is 1.35 bits per heavy atom. The Morgan fingerprint density at radius 2 is 2.06 bits per heavy atom. The number of alkyl halides is 1. The van der Waals surface area contributed by atoms with Gasteiger partial charge >= 0.3 is 0 Å². The van der Waals surface area contributed by atoms with Gasteiger partial charge in [-0.3, -0.25) is 10.1 Å². The molecule has 1 rings (SSSR count). The van der Waals surface area contributed by atoms with Crippen LogP contribution in [0.15, 0.2) is 24.3 Å². The fraction of sp³-hybridized carbons (Fsp3) is 0.333. The van der Waals surface area contributed by atoms with E-state index in [1.165, 1.54) is 6.07 Å². The SMILES string of the molecule is Cc1cc(C)c([N+](=O)[O-])cc1OC/C=C/CCl. The highest BCUT2D eigenvalue weighted by atomic mass is 35.5. The molecule has 4 nitrogen and oxygen atoms in total. The summed E-state index contributed by atoms with van der Waals surface area (Å²) in [5.74, 6) is 0.956. The molecule has 0 saturated carbocycles. The molecule has 0 unspecified atom stereocenters. The first kappa shape index (κ1) is 13.5. The molecule has 0 radical (unpaired) electrons. The number of hydrogen-bond acceptors (Lipinski definition) is 3. The second-order valence-electron chi connectivity index (χ2n) is 3.60. The molecule has 0 aliphatic carbocycles. The van der Waals surface area contributed by atoms with Gasteiger partial charge in [-0.15, -0.1) is 11.6 Å². The number of ether oxygens (including phenoxy) is 1. The van der Waals surface area contributed by atoms with E-state index in [1.54, 1.807) is 25.1 Å². The number of halogens is 1. The minimum absolute atomic E-state index is 0.0759. The van der Waals surface area contributed by atoms with Gasteiger partial charge < -0.3 is 4.74 Å². The molecule has 0 bridgehead atoms. The monoisotopic (exact) mass is 255 g/mol. The van der Waals surface area contributed by atoms with Crippen LogP contribution in [0.4, 0.5) is 5.69 Å². The Hall–Kier alpha value is -1.55. The molecule has 0 N–H and O–H groups in total. The zero-order valence-electron chi connectivity index (χ0n) is 9.77. The summed E-state index contributed by atoms with van der Waals surface area (Å²) in [7, 11) is 0. The van der Waals surface area contributed by atoms with Gasteiger partial charge in [-0.25, -0.2) is 0 Å². The van der Waals surface area contributed by atoms with Crippen molar-refractivity contribution in [1.29, 1.82) is 0 Å². The standard InChI is InChI=1S/C12H14ClNO3/c1-9-7-10(2)12(8-11(9)14(15)16)17-6-4-3-5-13/h3-4,7-8H,5-6H2,1-2H3/b4-3+. The molecule has 5 heteroatoms. The van der Waals surface area contributed by atoms with Crippen molar-refractivity contribution in [3.05, 3.63) is 45.5 Å². The van der Waals surface area contributed by atoms with E-state index in [0.29, 0.717) is 23.8 Å². The molecule has 0 spiro atoms. The third kappa shape index (κ3) is 3.75. The van der Waals surface area contributed by atoms with Crippen LogP contribution in [-0.4, -0.2) is 17.4 Å². The lowest BCUT2D eigenvalue weighted by Crippen LogP contribution is -1.99. The number of benzene rings is 1. The van der Waals surface area contributed by atoms with Gasteiger partial charge in [0.15, 0.2) is 0 Å². The van der Waals surface area contributed by atoms with E-state index >= 15 is 0 Å². The van der Waals surface area contributed by atoms with Crippen LogP contribution in [0.1, 0.15) is 11.1 Å². The smallest absolute Gasteiger partial charge is 0.276 e. The molecule has 1 aromatic rings. The van der Waals surface area contributed by atoms with E-state index in [-0.39, 0.29) is 5.69 Å². The first-order valence-corrected chi connectivity index (χ1v) is 5.69. The fourth-order valence-corrected chi connectivity index (χ4v) is 1.57. The molecular formula is C12H14ClNO3. The lowest BCUT2D eigenvalue weighted by molar-refractivity contribution is -0.385. The van der Waals surface area contributed by atoms with Crippen molar-refractivity contribution < 1.29 is 9.66 Å². The van der Waals surface area contributed by atoms with Crippen LogP contribution >= 0.6 is 11.6 Å². The first-order chi connectivity index (χ1) is 8.06. The van der Waals surface area contributed by atoms with Crippen LogP contribution in [0, 0.1) is 24.0 Å². The van der Waals surface area contributed by atoms with Gasteiger partial charge in [0.05, 0.1) is 11.0 Å². The number of aryl methyl sites for hydroxylation is 2. The molecular weight excluding hydrogens is 242 g/mol. The zero-order valence-corrected chi connectivity index (χ0v) is 10.5. The third-order valence-corrected chi connectivity index (χ3v) is 2.46. The molecule has 0 atom stereocenters. The Morgan fingerprint density at radius 3 is 2.65 bits per heavy atom. The lowest BCUT2D eigenvalue weighted by atomic mass is 10.1. The summed E-state index contributed by atoms with van der Waals surface area (Å²) in [6, 6.07) is 3.21. The molecule has 0 aliphatic rings. The molecule has 0 amide bonds. The highest BCUT2D eigenvalue weighted by Gasteiger charge is 2.13. The Kier molecular flexibility index (Phi) is 4.97. The number of allylic oxidation sites excluding steroid dienone is 1. The highest BCUT2D eigenvalue weighted by Crippen LogP contribution is 2.27. The minimum Gasteiger partial charge on any atom is -0.489 e. The normalized spacial score (nSPS) is 10.8. The van der Waals surface area contributed by atoms with E-state index in [9.17, 15) is 10.1 Å². The van der Waals surface area contributed by atoms with Gasteiger partial charge in [0.25, 0.3) is 5.69 Å². The van der Waals surface area contributed by atoms with Crippen LogP contribution in [0.25, 0.3) is 0 Å². The molecule has 92 valence electrons. The van der Waals surface area contributed by atoms with E-state index in [2.05, 4.69) is 0 Å². The predicted molar refractivity (Wildman–Crippen MR) is 67.9 cm³/mol. The second kappa shape index (κ2) is 6.25. The average molecular weight is 256 g/mol. The third-order valence-electron chi connectivity index (χ3n) is 2.28. The van der Waals surface area contributed by atoms with E-state index in [0.717, 1.165) is 5.56 Å². The van der Waals surface area contributed by atoms with E-state index in [1.807, 2.05) is 6.92 Å². The highest BCUT2D eigenvalue weighted by molar-refractivity contribution is 6.18. The van der Waals surface area contributed by atoms with Crippen LogP contribution in [0.2, 0.25) is 0 Å². The van der Waals surface area contributed by atoms with Crippen LogP contribution in [-0.2, 0) is 0 Å². The van der Waals surface area contributed by atoms with Crippen molar-refractivity contribution in [2.24, 2.45) is 0 Å². The average Bonchev–Trinajstić information content (AvgIpc) is 2.26. The van der Waals surface area contributed by atoms with E-state index in [4.69, 9.17) is 16.3 Å². The van der Waals surface area contributed by atoms with Crippen molar-refractivity contribution in [2.45, 2.75) is 13.8 Å². The number of nitro benzene ring substituents is 1. The minimum atomic E-state index is -0.407. The van der Waals surface area contributed by atoms with Crippen molar-refractivity contribution in [3.63, 3.8) is 0 Å². The Labute approximate surface area is 105 Å². The quantitative estimate of drug-likeness (QED) is 0.351. The van der Waals surface area contributed by atoms with Crippen molar-refractivity contribution in [3.8, 4) is 5.75 Å². The topological polar surface area (TPSA) is 52.4 Å². The molecule has 0 aromatic heterocycles. The number of nitrogens with zero attached hydrogens (tertiary/aromatic N) is 1. The molecule has 0 saturated heterocycles. The molecule has 0 aliphatic heterocycles. The summed E-state index contributed by atoms with van der Waals surface area (Å²) in [6.07, 6.45) is 3.54. The van der Waals surface area contributed by atoms with Gasteiger partial charge in [-0.1, -0.05) is 12.2 Å². The van der Waals surface area contributed by atoms with Gasteiger partial charge in [0.2, 0.25) is 0 Å². The van der Waals surface area contributed by atoms with Gasteiger partial charge in [-0.2, -0.15) is 0 Å². The summed E-state index contributed by atoms with van der Waals surface area (Å²) in [5.41, 5.74) is 1.59. The summed E-state index contributed by atoms with van der Waals surface area (Å²) < 4.78 is 5.43. The summed E-state index contributed by atoms with van der Waals surface area (Å²) in [6.45, 7) is 3.92. The number of hydrogen-bond donors (Lipinski definition) is 0. The summed E-state index contributed by atoms with van der Waals surface area (Å²) in [5, 5.41) is 10.8. The fourth-order valence-electron chi connectivity index (χ4n) is 1.44. The van der Waals surface area contributed by atoms with Crippen molar-refractivity contribution in [1.82, 2.24) is 0 Å². The predicted octanol–water partition coefficient (Wildman–Crippen LogP) is 3.39. The Balaban J connectivity index is 2.88. The van der Waals surface area contributed by atoms with Gasteiger partial charge in [-0.05, 0) is 25.5 Å². The zero-order chi connectivity index (χ0) is 12.8. The Bertz CT molecular complexity index is 444. The largest absolute Gasteiger partial charge is 0.489 e. The maximum Gasteiger partial charge on any atom is 0.276 e. The van der Waals surface area contributed by atoms with Gasteiger partial charge in [0.1, 0.15) is 12.4 Å². The molecule has 17 heavy (non-hydrogen) atoms. The number of rotatable bonds is 5. The molecule has 0 heterocycles. The maximum absolute atomic E-state index is 10.8. The molecule has 1 aromatic carbocycles. The van der Waals surface area contributed by atoms with Gasteiger partial charge in [0, 0.05) is 11.4 Å². The summed E-state index contributed by atoms with van der Waals surface area (Å²) in [4.78, 5) is 10.4. The van der Waals surface area contributed by atoms with Crippen molar-refractivity contribution in [2.75, 3.05) is 12.5 Å².